The summed E-state index contributed by atoms with van der Waals surface area (Å²) in [7, 11) is -3.16. The van der Waals surface area contributed by atoms with Crippen LogP contribution >= 0.6 is 0 Å². The molecule has 150 valence electrons. The fourth-order valence-corrected chi connectivity index (χ4v) is 4.28. The number of β-amino-alcohol motifs (C(OH)–C–C–N with tert-alkyl or cyclic N) is 1. The number of hydrogen-bond acceptors (Lipinski definition) is 5. The molecule has 2 N–H and O–H groups in total. The van der Waals surface area contributed by atoms with Crippen molar-refractivity contribution >= 4 is 15.7 Å². The van der Waals surface area contributed by atoms with Crippen molar-refractivity contribution in [2.75, 3.05) is 25.9 Å². The van der Waals surface area contributed by atoms with E-state index in [-0.39, 0.29) is 18.2 Å². The molecule has 0 aromatic heterocycles. The molecule has 0 radical (unpaired) electrons. The number of nitrogens with one attached hydrogen (secondary N) is 1. The van der Waals surface area contributed by atoms with Gasteiger partial charge < -0.3 is 10.4 Å². The molecule has 1 atom stereocenters. The molecule has 0 aliphatic carbocycles. The predicted molar refractivity (Wildman–Crippen MR) is 109 cm³/mol. The third-order valence-corrected chi connectivity index (χ3v) is 5.65. The summed E-state index contributed by atoms with van der Waals surface area (Å²) in [6.45, 7) is 2.32. The van der Waals surface area contributed by atoms with Crippen LogP contribution in [-0.4, -0.2) is 56.3 Å². The maximum Gasteiger partial charge on any atom is 0.251 e. The second-order valence-electron chi connectivity index (χ2n) is 7.39. The quantitative estimate of drug-likeness (QED) is 0.731. The lowest BCUT2D eigenvalue weighted by molar-refractivity contribution is 0.0842. The Morgan fingerprint density at radius 1 is 1.18 bits per heavy atom. The molecule has 7 heteroatoms. The molecule has 1 heterocycles. The monoisotopic (exact) mass is 402 g/mol. The smallest absolute Gasteiger partial charge is 0.251 e. The van der Waals surface area contributed by atoms with Crippen LogP contribution in [0.3, 0.4) is 0 Å². The summed E-state index contributed by atoms with van der Waals surface area (Å²) in [6, 6.07) is 14.9. The maximum atomic E-state index is 12.3. The van der Waals surface area contributed by atoms with Gasteiger partial charge in [0.05, 0.1) is 11.9 Å². The second-order valence-corrected chi connectivity index (χ2v) is 9.53. The summed E-state index contributed by atoms with van der Waals surface area (Å²) in [6.07, 6.45) is 1.45. The Hall–Kier alpha value is -2.22. The zero-order valence-corrected chi connectivity index (χ0v) is 16.8. The van der Waals surface area contributed by atoms with E-state index >= 15 is 0 Å². The number of aliphatic hydroxyl groups excluding tert-OH is 1. The highest BCUT2D eigenvalue weighted by molar-refractivity contribution is 7.89. The number of rotatable bonds is 7. The summed E-state index contributed by atoms with van der Waals surface area (Å²) in [5.74, 6) is -0.425. The Morgan fingerprint density at radius 3 is 2.68 bits per heavy atom. The van der Waals surface area contributed by atoms with Crippen molar-refractivity contribution in [1.82, 2.24) is 10.2 Å². The largest absolute Gasteiger partial charge is 0.390 e. The second kappa shape index (κ2) is 8.86. The van der Waals surface area contributed by atoms with Crippen molar-refractivity contribution in [3.05, 3.63) is 70.8 Å². The molecule has 28 heavy (non-hydrogen) atoms. The number of amides is 1. The molecule has 2 aromatic carbocycles. The fourth-order valence-electron chi connectivity index (χ4n) is 3.49. The van der Waals surface area contributed by atoms with E-state index in [1.807, 2.05) is 12.1 Å². The lowest BCUT2D eigenvalue weighted by Gasteiger charge is -2.30. The average Bonchev–Trinajstić information content (AvgIpc) is 2.65. The van der Waals surface area contributed by atoms with Gasteiger partial charge in [-0.2, -0.15) is 0 Å². The van der Waals surface area contributed by atoms with Crippen molar-refractivity contribution in [2.24, 2.45) is 0 Å². The third kappa shape index (κ3) is 5.89. The highest BCUT2D eigenvalue weighted by Gasteiger charge is 2.19. The van der Waals surface area contributed by atoms with Crippen molar-refractivity contribution in [3.8, 4) is 0 Å². The minimum Gasteiger partial charge on any atom is -0.390 e. The van der Waals surface area contributed by atoms with Gasteiger partial charge in [-0.15, -0.1) is 0 Å². The normalized spacial score (nSPS) is 15.6. The standard InChI is InChI=1S/C21H26N2O4S/c1-28(26,27)15-16-5-4-8-18(11-16)21(25)22-12-20(24)14-23-10-9-17-6-2-3-7-19(17)13-23/h2-8,11,20,24H,9-10,12-15H2,1H3,(H,22,25). The Labute approximate surface area is 166 Å². The van der Waals surface area contributed by atoms with E-state index in [1.165, 1.54) is 11.1 Å². The SMILES string of the molecule is CS(=O)(=O)Cc1cccc(C(=O)NCC(O)CN2CCc3ccccc3C2)c1. The van der Waals surface area contributed by atoms with Crippen molar-refractivity contribution < 1.29 is 18.3 Å². The van der Waals surface area contributed by atoms with Crippen LogP contribution in [0.15, 0.2) is 48.5 Å². The molecular formula is C21H26N2O4S. The lowest BCUT2D eigenvalue weighted by Crippen LogP contribution is -2.42. The lowest BCUT2D eigenvalue weighted by atomic mass is 10.00. The van der Waals surface area contributed by atoms with Gasteiger partial charge in [-0.25, -0.2) is 8.42 Å². The first-order valence-corrected chi connectivity index (χ1v) is 11.4. The number of sulfone groups is 1. The van der Waals surface area contributed by atoms with Gasteiger partial charge in [-0.05, 0) is 35.2 Å². The molecule has 0 fully saturated rings. The number of nitrogens with zero attached hydrogens (tertiary/aromatic N) is 1. The van der Waals surface area contributed by atoms with Crippen LogP contribution in [0, 0.1) is 0 Å². The van der Waals surface area contributed by atoms with Crippen LogP contribution in [0.1, 0.15) is 27.0 Å². The average molecular weight is 403 g/mol. The highest BCUT2D eigenvalue weighted by Crippen LogP contribution is 2.18. The van der Waals surface area contributed by atoms with Crippen LogP contribution < -0.4 is 5.32 Å². The molecule has 1 amide bonds. The van der Waals surface area contributed by atoms with Gasteiger partial charge >= 0.3 is 0 Å². The van der Waals surface area contributed by atoms with Crippen LogP contribution in [0.2, 0.25) is 0 Å². The number of benzene rings is 2. The molecule has 0 spiro atoms. The Kier molecular flexibility index (Phi) is 6.49. The van der Waals surface area contributed by atoms with Gasteiger partial charge in [0.2, 0.25) is 0 Å². The van der Waals surface area contributed by atoms with Gasteiger partial charge in [-0.3, -0.25) is 9.69 Å². The molecule has 1 unspecified atom stereocenters. The molecule has 2 aromatic rings. The van der Waals surface area contributed by atoms with Gasteiger partial charge in [0.25, 0.3) is 5.91 Å². The van der Waals surface area contributed by atoms with E-state index in [2.05, 4.69) is 22.3 Å². The molecule has 1 aliphatic heterocycles. The van der Waals surface area contributed by atoms with Gasteiger partial charge in [0.15, 0.2) is 9.84 Å². The fraction of sp³-hybridized carbons (Fsp3) is 0.381. The molecule has 0 saturated heterocycles. The summed E-state index contributed by atoms with van der Waals surface area (Å²) in [5, 5.41) is 13.0. The Balaban J connectivity index is 1.50. The van der Waals surface area contributed by atoms with Crippen LogP contribution in [0.5, 0.6) is 0 Å². The molecule has 3 rings (SSSR count). The van der Waals surface area contributed by atoms with Gasteiger partial charge in [-0.1, -0.05) is 36.4 Å². The van der Waals surface area contributed by atoms with E-state index in [9.17, 15) is 18.3 Å². The van der Waals surface area contributed by atoms with Crippen molar-refractivity contribution in [3.63, 3.8) is 0 Å². The summed E-state index contributed by atoms with van der Waals surface area (Å²) < 4.78 is 22.8. The molecule has 0 saturated carbocycles. The van der Waals surface area contributed by atoms with E-state index in [1.54, 1.807) is 24.3 Å². The Bertz CT molecular complexity index is 943. The van der Waals surface area contributed by atoms with Crippen LogP contribution in [0.4, 0.5) is 0 Å². The van der Waals surface area contributed by atoms with Crippen molar-refractivity contribution in [1.29, 1.82) is 0 Å². The summed E-state index contributed by atoms with van der Waals surface area (Å²) in [4.78, 5) is 14.5. The van der Waals surface area contributed by atoms with Crippen molar-refractivity contribution in [2.45, 2.75) is 24.8 Å². The molecule has 6 nitrogen and oxygen atoms in total. The first-order valence-electron chi connectivity index (χ1n) is 9.32. The van der Waals surface area contributed by atoms with Gasteiger partial charge in [0, 0.05) is 38.0 Å². The van der Waals surface area contributed by atoms with E-state index in [0.717, 1.165) is 25.8 Å². The highest BCUT2D eigenvalue weighted by atomic mass is 32.2. The first kappa shape index (κ1) is 20.5. The van der Waals surface area contributed by atoms with E-state index in [4.69, 9.17) is 0 Å². The zero-order valence-electron chi connectivity index (χ0n) is 16.0. The minimum atomic E-state index is -3.16. The topological polar surface area (TPSA) is 86.7 Å². The number of hydrogen-bond donors (Lipinski definition) is 2. The first-order chi connectivity index (χ1) is 13.3. The summed E-state index contributed by atoms with van der Waals surface area (Å²) >= 11 is 0. The van der Waals surface area contributed by atoms with E-state index < -0.39 is 15.9 Å². The molecular weight excluding hydrogens is 376 g/mol. The number of carbonyl (C=O) groups excluding carboxylic acids is 1. The van der Waals surface area contributed by atoms with Crippen LogP contribution in [-0.2, 0) is 28.6 Å². The zero-order chi connectivity index (χ0) is 20.1. The number of fused-ring (bicyclic) bond motifs is 1. The number of carbonyl (C=O) groups is 1. The minimum absolute atomic E-state index is 0.104. The van der Waals surface area contributed by atoms with Gasteiger partial charge in [0.1, 0.15) is 0 Å². The maximum absolute atomic E-state index is 12.3. The predicted octanol–water partition coefficient (Wildman–Crippen LogP) is 1.38. The number of aliphatic hydroxyl groups is 1. The Morgan fingerprint density at radius 2 is 1.93 bits per heavy atom. The molecule has 1 aliphatic rings. The third-order valence-electron chi connectivity index (χ3n) is 4.79. The summed E-state index contributed by atoms with van der Waals surface area (Å²) in [5.41, 5.74) is 3.60. The van der Waals surface area contributed by atoms with Crippen LogP contribution in [0.25, 0.3) is 0 Å². The molecule has 0 bridgehead atoms. The van der Waals surface area contributed by atoms with E-state index in [0.29, 0.717) is 17.7 Å².